The number of fused-ring (bicyclic) bond motifs is 4. The minimum absolute atomic E-state index is 0.0626. The number of piperidine rings is 4. The largest absolute Gasteiger partial charge is 0.390 e. The Kier molecular flexibility index (Phi) is 9.57. The average molecular weight is 776 g/mol. The van der Waals surface area contributed by atoms with Crippen LogP contribution >= 0.6 is 34.5 Å². The lowest BCUT2D eigenvalue weighted by Gasteiger charge is -2.59. The molecule has 3 aliphatic carbocycles. The molecule has 53 heavy (non-hydrogen) atoms. The summed E-state index contributed by atoms with van der Waals surface area (Å²) in [7, 11) is 0. The van der Waals surface area contributed by atoms with Gasteiger partial charge in [0.1, 0.15) is 5.65 Å². The SMILES string of the molecule is CCC1CC2(C#N)CC(C2)N1C(=O)CC(C)c1nc2ccc(Cl)cc2s1.Cc1cnc2[nH]cc(C(C)CC(=O)N3C4CC5CC3CC(O)(C5)C4)c2c1Cl. The molecule has 0 radical (unpaired) electrons. The van der Waals surface area contributed by atoms with Crippen LogP contribution in [0.15, 0.2) is 30.6 Å². The molecule has 3 saturated carbocycles. The predicted molar refractivity (Wildman–Crippen MR) is 209 cm³/mol. The number of nitrogens with zero attached hydrogens (tertiary/aromatic N) is 5. The van der Waals surface area contributed by atoms with Crippen LogP contribution in [0, 0.1) is 29.6 Å². The highest BCUT2D eigenvalue weighted by Gasteiger charge is 2.56. The van der Waals surface area contributed by atoms with Crippen LogP contribution in [0.4, 0.5) is 0 Å². The van der Waals surface area contributed by atoms with Crippen molar-refractivity contribution in [1.82, 2.24) is 24.8 Å². The van der Waals surface area contributed by atoms with Gasteiger partial charge >= 0.3 is 0 Å². The third kappa shape index (κ3) is 6.64. The highest BCUT2D eigenvalue weighted by Crippen LogP contribution is 2.54. The molecule has 5 atom stereocenters. The molecular weight excluding hydrogens is 727 g/mol. The number of aromatic amines is 1. The fourth-order valence-corrected chi connectivity index (χ4v) is 12.1. The Morgan fingerprint density at radius 1 is 1.04 bits per heavy atom. The Bertz CT molecular complexity index is 2100. The summed E-state index contributed by atoms with van der Waals surface area (Å²) in [5.74, 6) is 1.16. The van der Waals surface area contributed by atoms with Crippen LogP contribution in [0.3, 0.4) is 0 Å². The average Bonchev–Trinajstić information content (AvgIpc) is 3.73. The number of carbonyl (C=O) groups excluding carboxylic acids is 2. The molecule has 4 aromatic rings. The number of pyridine rings is 1. The van der Waals surface area contributed by atoms with E-state index in [1.807, 2.05) is 31.3 Å². The lowest BCUT2D eigenvalue weighted by molar-refractivity contribution is -0.174. The van der Waals surface area contributed by atoms with Crippen molar-refractivity contribution in [2.24, 2.45) is 11.3 Å². The number of hydrogen-bond donors (Lipinski definition) is 2. The number of carbonyl (C=O) groups is 2. The maximum atomic E-state index is 13.2. The van der Waals surface area contributed by atoms with Gasteiger partial charge in [-0.1, -0.05) is 44.0 Å². The van der Waals surface area contributed by atoms with E-state index in [2.05, 4.69) is 46.6 Å². The number of rotatable bonds is 7. The summed E-state index contributed by atoms with van der Waals surface area (Å²) in [6.45, 7) is 8.22. The minimum atomic E-state index is -0.521. The monoisotopic (exact) mass is 774 g/mol. The first-order valence-corrected chi connectivity index (χ1v) is 20.8. The Labute approximate surface area is 325 Å². The van der Waals surface area contributed by atoms with Gasteiger partial charge in [-0.3, -0.25) is 9.59 Å². The van der Waals surface area contributed by atoms with Crippen molar-refractivity contribution < 1.29 is 14.7 Å². The maximum Gasteiger partial charge on any atom is 0.223 e. The second kappa shape index (κ2) is 13.8. The zero-order valence-corrected chi connectivity index (χ0v) is 33.2. The van der Waals surface area contributed by atoms with Gasteiger partial charge in [0.2, 0.25) is 11.8 Å². The highest BCUT2D eigenvalue weighted by atomic mass is 35.5. The topological polar surface area (TPSA) is 126 Å². The van der Waals surface area contributed by atoms with Crippen molar-refractivity contribution in [2.75, 3.05) is 0 Å². The van der Waals surface area contributed by atoms with E-state index in [0.717, 1.165) is 95.2 Å². The summed E-state index contributed by atoms with van der Waals surface area (Å²) in [4.78, 5) is 42.8. The van der Waals surface area contributed by atoms with Crippen LogP contribution in [0.1, 0.15) is 119 Å². The molecule has 2 amide bonds. The fourth-order valence-electron chi connectivity index (χ4n) is 10.6. The predicted octanol–water partition coefficient (Wildman–Crippen LogP) is 9.05. The number of H-pyrrole nitrogens is 1. The van der Waals surface area contributed by atoms with Gasteiger partial charge in [0.15, 0.2) is 0 Å². The summed E-state index contributed by atoms with van der Waals surface area (Å²) in [5.41, 5.74) is 3.03. The summed E-state index contributed by atoms with van der Waals surface area (Å²) in [6, 6.07) is 9.10. The molecule has 11 rings (SSSR count). The number of aliphatic hydroxyl groups is 1. The summed E-state index contributed by atoms with van der Waals surface area (Å²) in [6.07, 6.45) is 12.6. The van der Waals surface area contributed by atoms with Gasteiger partial charge in [-0.25, -0.2) is 9.97 Å². The first kappa shape index (κ1) is 36.7. The number of nitrogens with one attached hydrogen (secondary N) is 1. The van der Waals surface area contributed by atoms with Gasteiger partial charge in [0, 0.05) is 65.7 Å². The van der Waals surface area contributed by atoms with E-state index in [1.54, 1.807) is 17.5 Å². The molecule has 6 bridgehead atoms. The quantitative estimate of drug-likeness (QED) is 0.193. The van der Waals surface area contributed by atoms with Crippen LogP contribution in [0.5, 0.6) is 0 Å². The van der Waals surface area contributed by atoms with E-state index in [4.69, 9.17) is 28.2 Å². The molecule has 2 N–H and O–H groups in total. The normalized spacial score (nSPS) is 30.8. The standard InChI is InChI=1S/C21H26ClN3O2.C20H22ClN3OS/c1-11(16-10-24-20-18(16)19(22)12(2)9-23-20)3-17(26)25-14-4-13-5-15(25)8-21(27,6-13)7-14;1-3-14-8-20(11-22)9-15(10-20)24(14)18(25)6-12(2)19-23-16-5-4-13(21)7-17(16)26-19/h9-11,13-15,27H,3-8H2,1-2H3,(H,23,24);4-5,7,12,14-15H,3,6,8-10H2,1-2H3. The molecule has 4 saturated heterocycles. The third-order valence-corrected chi connectivity index (χ3v) is 14.9. The van der Waals surface area contributed by atoms with E-state index >= 15 is 0 Å². The van der Waals surface area contributed by atoms with Gasteiger partial charge < -0.3 is 19.9 Å². The molecule has 1 aromatic carbocycles. The Morgan fingerprint density at radius 3 is 2.42 bits per heavy atom. The smallest absolute Gasteiger partial charge is 0.223 e. The first-order chi connectivity index (χ1) is 25.3. The zero-order valence-electron chi connectivity index (χ0n) is 30.9. The van der Waals surface area contributed by atoms with E-state index < -0.39 is 5.60 Å². The molecule has 3 aromatic heterocycles. The highest BCUT2D eigenvalue weighted by molar-refractivity contribution is 7.18. The molecule has 12 heteroatoms. The van der Waals surface area contributed by atoms with E-state index in [1.165, 1.54) is 0 Å². The number of aryl methyl sites for hydroxylation is 1. The van der Waals surface area contributed by atoms with E-state index in [0.29, 0.717) is 28.8 Å². The van der Waals surface area contributed by atoms with Gasteiger partial charge in [-0.2, -0.15) is 5.26 Å². The summed E-state index contributed by atoms with van der Waals surface area (Å²) < 4.78 is 1.06. The van der Waals surface area contributed by atoms with Crippen molar-refractivity contribution in [2.45, 2.75) is 140 Å². The molecule has 0 spiro atoms. The van der Waals surface area contributed by atoms with E-state index in [-0.39, 0.29) is 53.2 Å². The third-order valence-electron chi connectivity index (χ3n) is 13.0. The number of benzene rings is 1. The number of aromatic nitrogens is 3. The van der Waals surface area contributed by atoms with Crippen LogP contribution in [-0.4, -0.2) is 71.4 Å². The van der Waals surface area contributed by atoms with Gasteiger partial charge in [0.25, 0.3) is 0 Å². The first-order valence-electron chi connectivity index (χ1n) is 19.2. The Balaban J connectivity index is 0.000000151. The molecule has 9 nitrogen and oxygen atoms in total. The molecule has 7 aliphatic rings. The number of hydrogen-bond acceptors (Lipinski definition) is 7. The molecular formula is C41H48Cl2N6O3S. The zero-order chi connectivity index (χ0) is 37.4. The van der Waals surface area contributed by atoms with E-state index in [9.17, 15) is 20.0 Å². The molecule has 280 valence electrons. The van der Waals surface area contributed by atoms with Crippen LogP contribution < -0.4 is 0 Å². The molecule has 7 fully saturated rings. The second-order valence-corrected chi connectivity index (χ2v) is 18.8. The number of nitriles is 1. The van der Waals surface area contributed by atoms with Gasteiger partial charge in [0.05, 0.1) is 37.3 Å². The van der Waals surface area contributed by atoms with Gasteiger partial charge in [-0.15, -0.1) is 11.3 Å². The lowest BCUT2D eigenvalue weighted by Crippen LogP contribution is -2.65. The van der Waals surface area contributed by atoms with Crippen LogP contribution in [-0.2, 0) is 9.59 Å². The summed E-state index contributed by atoms with van der Waals surface area (Å²) in [5, 5.41) is 23.5. The van der Waals surface area contributed by atoms with Crippen molar-refractivity contribution in [3.63, 3.8) is 0 Å². The number of amides is 2. The van der Waals surface area contributed by atoms with Crippen molar-refractivity contribution >= 4 is 67.6 Å². The van der Waals surface area contributed by atoms with Crippen LogP contribution in [0.2, 0.25) is 10.0 Å². The second-order valence-electron chi connectivity index (χ2n) is 16.9. The molecule has 7 heterocycles. The molecule has 5 unspecified atom stereocenters. The van der Waals surface area contributed by atoms with Crippen molar-refractivity contribution in [3.8, 4) is 6.07 Å². The van der Waals surface area contributed by atoms with Crippen LogP contribution in [0.25, 0.3) is 21.3 Å². The Morgan fingerprint density at radius 2 is 1.74 bits per heavy atom. The Hall–Kier alpha value is -3.23. The molecule has 4 aliphatic heterocycles. The lowest BCUT2D eigenvalue weighted by atomic mass is 9.58. The summed E-state index contributed by atoms with van der Waals surface area (Å²) >= 11 is 14.2. The number of thiazole rings is 1. The fraction of sp³-hybridized carbons (Fsp3) is 0.585. The minimum Gasteiger partial charge on any atom is -0.390 e. The van der Waals surface area contributed by atoms with Gasteiger partial charge in [-0.05, 0) is 106 Å². The van der Waals surface area contributed by atoms with Crippen molar-refractivity contribution in [1.29, 1.82) is 5.26 Å². The van der Waals surface area contributed by atoms with Crippen molar-refractivity contribution in [3.05, 3.63) is 56.8 Å². The number of halogens is 2. The maximum absolute atomic E-state index is 13.2.